The molecule has 2 aromatic heterocycles. The topological polar surface area (TPSA) is 55.9 Å². The Kier molecular flexibility index (Phi) is 3.58. The average Bonchev–Trinajstić information content (AvgIpc) is 2.94. The summed E-state index contributed by atoms with van der Waals surface area (Å²) in [5.41, 5.74) is 0.882. The number of nitrogens with zero attached hydrogens (tertiary/aromatic N) is 4. The molecule has 2 aromatic rings. The first kappa shape index (κ1) is 11.9. The van der Waals surface area contributed by atoms with Crippen LogP contribution in [-0.2, 0) is 20.0 Å². The second-order valence-electron chi connectivity index (χ2n) is 4.17. The first-order chi connectivity index (χ1) is 8.20. The summed E-state index contributed by atoms with van der Waals surface area (Å²) in [7, 11) is 1.98. The van der Waals surface area contributed by atoms with E-state index in [1.54, 1.807) is 12.4 Å². The van der Waals surface area contributed by atoms with E-state index in [0.29, 0.717) is 6.42 Å². The molecule has 5 heteroatoms. The third-order valence-corrected chi connectivity index (χ3v) is 2.91. The van der Waals surface area contributed by atoms with E-state index in [0.717, 1.165) is 24.4 Å². The lowest BCUT2D eigenvalue weighted by Gasteiger charge is -2.03. The molecule has 0 saturated heterocycles. The summed E-state index contributed by atoms with van der Waals surface area (Å²) in [5, 5.41) is 13.9. The molecule has 0 radical (unpaired) electrons. The fraction of sp³-hybridized carbons (Fsp3) is 0.500. The van der Waals surface area contributed by atoms with Gasteiger partial charge in [0, 0.05) is 44.2 Å². The van der Waals surface area contributed by atoms with Gasteiger partial charge >= 0.3 is 0 Å². The maximum atomic E-state index is 9.67. The Morgan fingerprint density at radius 3 is 2.94 bits per heavy atom. The maximum absolute atomic E-state index is 9.67. The van der Waals surface area contributed by atoms with E-state index in [1.807, 2.05) is 35.6 Å². The zero-order valence-electron chi connectivity index (χ0n) is 10.2. The lowest BCUT2D eigenvalue weighted by molar-refractivity contribution is 0.173. The molecule has 1 unspecified atom stereocenters. The predicted molar refractivity (Wildman–Crippen MR) is 64.4 cm³/mol. The van der Waals surface area contributed by atoms with Crippen molar-refractivity contribution < 1.29 is 5.11 Å². The molecule has 0 aliphatic carbocycles. The SMILES string of the molecule is CCC(O)c1cnn(CCc2nccn2C)c1. The quantitative estimate of drug-likeness (QED) is 0.848. The van der Waals surface area contributed by atoms with Gasteiger partial charge in [0.2, 0.25) is 0 Å². The Morgan fingerprint density at radius 1 is 1.47 bits per heavy atom. The normalized spacial score (nSPS) is 12.9. The summed E-state index contributed by atoms with van der Waals surface area (Å²) in [6.45, 7) is 2.73. The summed E-state index contributed by atoms with van der Waals surface area (Å²) in [5.74, 6) is 1.04. The third-order valence-electron chi connectivity index (χ3n) is 2.91. The van der Waals surface area contributed by atoms with Gasteiger partial charge in [-0.2, -0.15) is 5.10 Å². The number of aliphatic hydroxyl groups excluding tert-OH is 1. The van der Waals surface area contributed by atoms with Gasteiger partial charge in [-0.25, -0.2) is 4.98 Å². The van der Waals surface area contributed by atoms with Crippen molar-refractivity contribution >= 4 is 0 Å². The molecule has 5 nitrogen and oxygen atoms in total. The molecule has 0 aliphatic heterocycles. The van der Waals surface area contributed by atoms with Crippen LogP contribution in [0.2, 0.25) is 0 Å². The van der Waals surface area contributed by atoms with Crippen LogP contribution in [0.1, 0.15) is 30.8 Å². The van der Waals surface area contributed by atoms with Crippen molar-refractivity contribution in [3.63, 3.8) is 0 Å². The highest BCUT2D eigenvalue weighted by Gasteiger charge is 2.07. The van der Waals surface area contributed by atoms with Crippen LogP contribution in [0.25, 0.3) is 0 Å². The van der Waals surface area contributed by atoms with Crippen LogP contribution in [0.15, 0.2) is 24.8 Å². The Hall–Kier alpha value is -1.62. The van der Waals surface area contributed by atoms with E-state index in [2.05, 4.69) is 10.1 Å². The zero-order chi connectivity index (χ0) is 12.3. The fourth-order valence-corrected chi connectivity index (χ4v) is 1.76. The van der Waals surface area contributed by atoms with Crippen LogP contribution in [0.4, 0.5) is 0 Å². The molecular formula is C12H18N4O. The van der Waals surface area contributed by atoms with E-state index in [1.165, 1.54) is 0 Å². The number of aliphatic hydroxyl groups is 1. The summed E-state index contributed by atoms with van der Waals surface area (Å²) in [6.07, 6.45) is 8.51. The van der Waals surface area contributed by atoms with E-state index in [-0.39, 0.29) is 0 Å². The molecule has 1 atom stereocenters. The second kappa shape index (κ2) is 5.14. The van der Waals surface area contributed by atoms with E-state index >= 15 is 0 Å². The van der Waals surface area contributed by atoms with Gasteiger partial charge in [-0.3, -0.25) is 4.68 Å². The first-order valence-electron chi connectivity index (χ1n) is 5.87. The Bertz CT molecular complexity index is 474. The van der Waals surface area contributed by atoms with Gasteiger partial charge in [0.15, 0.2) is 0 Å². The molecule has 0 spiro atoms. The van der Waals surface area contributed by atoms with Gasteiger partial charge in [-0.1, -0.05) is 6.92 Å². The van der Waals surface area contributed by atoms with Crippen molar-refractivity contribution in [3.05, 3.63) is 36.2 Å². The molecule has 0 fully saturated rings. The second-order valence-corrected chi connectivity index (χ2v) is 4.17. The van der Waals surface area contributed by atoms with Crippen molar-refractivity contribution in [2.45, 2.75) is 32.4 Å². The fourth-order valence-electron chi connectivity index (χ4n) is 1.76. The zero-order valence-corrected chi connectivity index (χ0v) is 10.2. The predicted octanol–water partition coefficient (Wildman–Crippen LogP) is 1.30. The van der Waals surface area contributed by atoms with Crippen molar-refractivity contribution in [2.75, 3.05) is 0 Å². The Morgan fingerprint density at radius 2 is 2.29 bits per heavy atom. The van der Waals surface area contributed by atoms with E-state index < -0.39 is 6.10 Å². The van der Waals surface area contributed by atoms with Crippen LogP contribution in [0.3, 0.4) is 0 Å². The largest absolute Gasteiger partial charge is 0.388 e. The van der Waals surface area contributed by atoms with Gasteiger partial charge in [0.05, 0.1) is 12.3 Å². The Balaban J connectivity index is 1.96. The highest BCUT2D eigenvalue weighted by Crippen LogP contribution is 2.14. The molecule has 17 heavy (non-hydrogen) atoms. The van der Waals surface area contributed by atoms with Crippen LogP contribution in [0.5, 0.6) is 0 Å². The van der Waals surface area contributed by atoms with Crippen LogP contribution >= 0.6 is 0 Å². The third kappa shape index (κ3) is 2.74. The molecule has 0 saturated carbocycles. The van der Waals surface area contributed by atoms with Crippen LogP contribution in [0, 0.1) is 0 Å². The molecule has 92 valence electrons. The smallest absolute Gasteiger partial charge is 0.110 e. The van der Waals surface area contributed by atoms with Crippen LogP contribution in [-0.4, -0.2) is 24.4 Å². The lowest BCUT2D eigenvalue weighted by Crippen LogP contribution is -2.06. The van der Waals surface area contributed by atoms with Gasteiger partial charge < -0.3 is 9.67 Å². The van der Waals surface area contributed by atoms with Crippen molar-refractivity contribution in [1.29, 1.82) is 0 Å². The lowest BCUT2D eigenvalue weighted by atomic mass is 10.2. The molecule has 0 aliphatic rings. The number of aromatic nitrogens is 4. The Labute approximate surface area is 101 Å². The molecule has 2 heterocycles. The minimum atomic E-state index is -0.406. The highest BCUT2D eigenvalue weighted by molar-refractivity contribution is 5.07. The average molecular weight is 234 g/mol. The summed E-state index contributed by atoms with van der Waals surface area (Å²) >= 11 is 0. The number of imidazole rings is 1. The summed E-state index contributed by atoms with van der Waals surface area (Å²) in [4.78, 5) is 4.26. The summed E-state index contributed by atoms with van der Waals surface area (Å²) < 4.78 is 3.86. The highest BCUT2D eigenvalue weighted by atomic mass is 16.3. The van der Waals surface area contributed by atoms with Crippen molar-refractivity contribution in [1.82, 2.24) is 19.3 Å². The molecule has 2 rings (SSSR count). The molecular weight excluding hydrogens is 216 g/mol. The van der Waals surface area contributed by atoms with Gasteiger partial charge in [0.1, 0.15) is 5.82 Å². The first-order valence-corrected chi connectivity index (χ1v) is 5.87. The minimum absolute atomic E-state index is 0.406. The van der Waals surface area contributed by atoms with Crippen molar-refractivity contribution in [3.8, 4) is 0 Å². The molecule has 0 amide bonds. The van der Waals surface area contributed by atoms with Gasteiger partial charge in [-0.05, 0) is 6.42 Å². The molecule has 0 bridgehead atoms. The van der Waals surface area contributed by atoms with Crippen molar-refractivity contribution in [2.24, 2.45) is 7.05 Å². The van der Waals surface area contributed by atoms with E-state index in [4.69, 9.17) is 0 Å². The number of hydrogen-bond acceptors (Lipinski definition) is 3. The van der Waals surface area contributed by atoms with Gasteiger partial charge in [0.25, 0.3) is 0 Å². The maximum Gasteiger partial charge on any atom is 0.110 e. The monoisotopic (exact) mass is 234 g/mol. The molecule has 1 N–H and O–H groups in total. The molecule has 0 aromatic carbocycles. The van der Waals surface area contributed by atoms with Gasteiger partial charge in [-0.15, -0.1) is 0 Å². The summed E-state index contributed by atoms with van der Waals surface area (Å²) in [6, 6.07) is 0. The van der Waals surface area contributed by atoms with E-state index in [9.17, 15) is 5.11 Å². The van der Waals surface area contributed by atoms with Crippen LogP contribution < -0.4 is 0 Å². The number of hydrogen-bond donors (Lipinski definition) is 1. The number of aryl methyl sites for hydroxylation is 3. The standard InChI is InChI=1S/C12H18N4O/c1-3-11(17)10-8-14-16(9-10)6-4-12-13-5-7-15(12)2/h5,7-9,11,17H,3-4,6H2,1-2H3. The minimum Gasteiger partial charge on any atom is -0.388 e. The number of rotatable bonds is 5.